The number of para-hydroxylation sites is 2. The second-order valence-corrected chi connectivity index (χ2v) is 5.24. The lowest BCUT2D eigenvalue weighted by Crippen LogP contribution is -2.26. The summed E-state index contributed by atoms with van der Waals surface area (Å²) in [6.07, 6.45) is 0.596. The molecule has 0 radical (unpaired) electrons. The van der Waals surface area contributed by atoms with Crippen molar-refractivity contribution in [3.63, 3.8) is 0 Å². The third kappa shape index (κ3) is 3.55. The van der Waals surface area contributed by atoms with Gasteiger partial charge in [0.2, 0.25) is 0 Å². The number of hydrogen-bond donors (Lipinski definition) is 1. The van der Waals surface area contributed by atoms with Crippen molar-refractivity contribution in [2.45, 2.75) is 32.9 Å². The van der Waals surface area contributed by atoms with E-state index >= 15 is 0 Å². The minimum absolute atomic E-state index is 0.224. The topological polar surface area (TPSA) is 41.3 Å². The van der Waals surface area contributed by atoms with Gasteiger partial charge >= 0.3 is 0 Å². The summed E-state index contributed by atoms with van der Waals surface area (Å²) in [5, 5.41) is 9.30. The molecule has 4 heteroatoms. The zero-order valence-electron chi connectivity index (χ0n) is 12.0. The molecule has 2 rings (SSSR count). The monoisotopic (exact) mass is 261 g/mol. The Morgan fingerprint density at radius 1 is 1.32 bits per heavy atom. The van der Waals surface area contributed by atoms with Crippen LogP contribution in [0.15, 0.2) is 24.3 Å². The summed E-state index contributed by atoms with van der Waals surface area (Å²) in [7, 11) is 2.09. The van der Waals surface area contributed by atoms with E-state index in [1.807, 2.05) is 13.0 Å². The molecule has 0 fully saturated rings. The zero-order chi connectivity index (χ0) is 13.8. The van der Waals surface area contributed by atoms with Gasteiger partial charge < -0.3 is 14.6 Å². The quantitative estimate of drug-likeness (QED) is 0.865. The van der Waals surface area contributed by atoms with Crippen LogP contribution in [-0.4, -0.2) is 45.8 Å². The first kappa shape index (κ1) is 14.0. The smallest absolute Gasteiger partial charge is 0.106 e. The lowest BCUT2D eigenvalue weighted by molar-refractivity contribution is 0.163. The zero-order valence-corrected chi connectivity index (χ0v) is 12.0. The molecule has 0 aliphatic heterocycles. The number of aryl methyl sites for hydroxylation is 1. The van der Waals surface area contributed by atoms with Crippen molar-refractivity contribution in [1.29, 1.82) is 0 Å². The van der Waals surface area contributed by atoms with E-state index in [1.165, 1.54) is 5.52 Å². The number of imidazole rings is 1. The Morgan fingerprint density at radius 2 is 2.05 bits per heavy atom. The molecule has 1 aromatic carbocycles. The van der Waals surface area contributed by atoms with E-state index < -0.39 is 0 Å². The van der Waals surface area contributed by atoms with Gasteiger partial charge in [-0.2, -0.15) is 0 Å². The maximum Gasteiger partial charge on any atom is 0.106 e. The van der Waals surface area contributed by atoms with Gasteiger partial charge in [0.15, 0.2) is 0 Å². The highest BCUT2D eigenvalue weighted by Gasteiger charge is 2.07. The predicted molar refractivity (Wildman–Crippen MR) is 78.3 cm³/mol. The molecule has 0 amide bonds. The Balaban J connectivity index is 1.99. The van der Waals surface area contributed by atoms with E-state index in [1.54, 1.807) is 0 Å². The van der Waals surface area contributed by atoms with Crippen LogP contribution in [0.4, 0.5) is 0 Å². The normalized spacial score (nSPS) is 13.3. The molecule has 0 saturated carbocycles. The van der Waals surface area contributed by atoms with Gasteiger partial charge in [-0.05, 0) is 39.4 Å². The van der Waals surface area contributed by atoms with E-state index in [9.17, 15) is 5.11 Å². The standard InChI is InChI=1S/C15H23N3O/c1-12(19)8-9-17(3)10-11-18-13(2)16-14-6-4-5-7-15(14)18/h4-7,12,19H,8-11H2,1-3H3. The third-order valence-corrected chi connectivity index (χ3v) is 3.48. The molecule has 0 saturated heterocycles. The largest absolute Gasteiger partial charge is 0.393 e. The van der Waals surface area contributed by atoms with Crippen LogP contribution in [0.1, 0.15) is 19.2 Å². The van der Waals surface area contributed by atoms with Crippen LogP contribution in [0.3, 0.4) is 0 Å². The van der Waals surface area contributed by atoms with Crippen molar-refractivity contribution < 1.29 is 5.11 Å². The molecule has 0 spiro atoms. The SMILES string of the molecule is Cc1nc2ccccc2n1CCN(C)CCC(C)O. The molecule has 1 aromatic heterocycles. The predicted octanol–water partition coefficient (Wildman–Crippen LogP) is 2.05. The van der Waals surface area contributed by atoms with Crippen molar-refractivity contribution in [1.82, 2.24) is 14.5 Å². The van der Waals surface area contributed by atoms with Crippen LogP contribution in [0.5, 0.6) is 0 Å². The first-order valence-electron chi connectivity index (χ1n) is 6.86. The summed E-state index contributed by atoms with van der Waals surface area (Å²) >= 11 is 0. The van der Waals surface area contributed by atoms with Crippen LogP contribution >= 0.6 is 0 Å². The molecule has 2 aromatic rings. The maximum atomic E-state index is 9.30. The molecule has 19 heavy (non-hydrogen) atoms. The van der Waals surface area contributed by atoms with Crippen molar-refractivity contribution in [2.24, 2.45) is 0 Å². The Bertz CT molecular complexity index is 533. The number of fused-ring (bicyclic) bond motifs is 1. The van der Waals surface area contributed by atoms with Gasteiger partial charge in [0.05, 0.1) is 17.1 Å². The van der Waals surface area contributed by atoms with Crippen LogP contribution in [0, 0.1) is 6.92 Å². The Hall–Kier alpha value is -1.39. The van der Waals surface area contributed by atoms with Crippen LogP contribution in [0.25, 0.3) is 11.0 Å². The molecular weight excluding hydrogens is 238 g/mol. The number of nitrogens with zero attached hydrogens (tertiary/aromatic N) is 3. The molecule has 4 nitrogen and oxygen atoms in total. The molecule has 1 unspecified atom stereocenters. The minimum atomic E-state index is -0.224. The van der Waals surface area contributed by atoms with Crippen LogP contribution in [0.2, 0.25) is 0 Å². The van der Waals surface area contributed by atoms with Crippen LogP contribution < -0.4 is 0 Å². The molecule has 1 heterocycles. The van der Waals surface area contributed by atoms with E-state index in [-0.39, 0.29) is 6.10 Å². The lowest BCUT2D eigenvalue weighted by atomic mass is 10.3. The molecular formula is C15H23N3O. The summed E-state index contributed by atoms with van der Waals surface area (Å²) in [5.41, 5.74) is 2.26. The lowest BCUT2D eigenvalue weighted by Gasteiger charge is -2.18. The van der Waals surface area contributed by atoms with Gasteiger partial charge in [-0.15, -0.1) is 0 Å². The fraction of sp³-hybridized carbons (Fsp3) is 0.533. The number of aliphatic hydroxyl groups excluding tert-OH is 1. The highest BCUT2D eigenvalue weighted by Crippen LogP contribution is 2.15. The minimum Gasteiger partial charge on any atom is -0.393 e. The fourth-order valence-corrected chi connectivity index (χ4v) is 2.27. The number of likely N-dealkylation sites (N-methyl/N-ethyl adjacent to an activating group) is 1. The van der Waals surface area contributed by atoms with Crippen molar-refractivity contribution >= 4 is 11.0 Å². The highest BCUT2D eigenvalue weighted by molar-refractivity contribution is 5.75. The number of hydrogen-bond acceptors (Lipinski definition) is 3. The summed E-state index contributed by atoms with van der Waals surface area (Å²) in [6, 6.07) is 8.24. The Kier molecular flexibility index (Phi) is 4.56. The van der Waals surface area contributed by atoms with Gasteiger partial charge in [0.25, 0.3) is 0 Å². The van der Waals surface area contributed by atoms with E-state index in [0.29, 0.717) is 0 Å². The third-order valence-electron chi connectivity index (χ3n) is 3.48. The van der Waals surface area contributed by atoms with Gasteiger partial charge in [-0.25, -0.2) is 4.98 Å². The van der Waals surface area contributed by atoms with E-state index in [2.05, 4.69) is 46.6 Å². The number of aromatic nitrogens is 2. The Labute approximate surface area is 114 Å². The average Bonchev–Trinajstić information content (AvgIpc) is 2.69. The van der Waals surface area contributed by atoms with E-state index in [4.69, 9.17) is 0 Å². The molecule has 0 aliphatic rings. The van der Waals surface area contributed by atoms with Crippen LogP contribution in [-0.2, 0) is 6.54 Å². The first-order chi connectivity index (χ1) is 9.08. The number of aliphatic hydroxyl groups is 1. The summed E-state index contributed by atoms with van der Waals surface area (Å²) in [5.74, 6) is 1.06. The molecule has 0 bridgehead atoms. The number of rotatable bonds is 6. The van der Waals surface area contributed by atoms with Gasteiger partial charge in [0.1, 0.15) is 5.82 Å². The first-order valence-corrected chi connectivity index (χ1v) is 6.86. The molecule has 1 N–H and O–H groups in total. The van der Waals surface area contributed by atoms with Crippen molar-refractivity contribution in [2.75, 3.05) is 20.1 Å². The van der Waals surface area contributed by atoms with Crippen molar-refractivity contribution in [3.8, 4) is 0 Å². The Morgan fingerprint density at radius 3 is 2.79 bits per heavy atom. The second kappa shape index (κ2) is 6.17. The summed E-state index contributed by atoms with van der Waals surface area (Å²) in [6.45, 7) is 6.71. The maximum absolute atomic E-state index is 9.30. The molecule has 1 atom stereocenters. The second-order valence-electron chi connectivity index (χ2n) is 5.24. The van der Waals surface area contributed by atoms with Gasteiger partial charge in [0, 0.05) is 19.6 Å². The average molecular weight is 261 g/mol. The highest BCUT2D eigenvalue weighted by atomic mass is 16.3. The molecule has 104 valence electrons. The number of benzene rings is 1. The molecule has 0 aliphatic carbocycles. The fourth-order valence-electron chi connectivity index (χ4n) is 2.27. The summed E-state index contributed by atoms with van der Waals surface area (Å²) < 4.78 is 2.26. The summed E-state index contributed by atoms with van der Waals surface area (Å²) in [4.78, 5) is 6.82. The van der Waals surface area contributed by atoms with Gasteiger partial charge in [-0.3, -0.25) is 0 Å². The van der Waals surface area contributed by atoms with E-state index in [0.717, 1.165) is 37.4 Å². The van der Waals surface area contributed by atoms with Gasteiger partial charge in [-0.1, -0.05) is 12.1 Å². The van der Waals surface area contributed by atoms with Crippen molar-refractivity contribution in [3.05, 3.63) is 30.1 Å².